The van der Waals surface area contributed by atoms with Crippen molar-refractivity contribution in [3.63, 3.8) is 0 Å². The molecule has 1 aromatic carbocycles. The fraction of sp³-hybridized carbons (Fsp3) is 0.385. The van der Waals surface area contributed by atoms with Gasteiger partial charge < -0.3 is 15.3 Å². The first-order valence-electron chi connectivity index (χ1n) is 5.68. The number of rotatable bonds is 1. The van der Waals surface area contributed by atoms with Gasteiger partial charge in [0, 0.05) is 37.7 Å². The first-order valence-corrected chi connectivity index (χ1v) is 5.68. The van der Waals surface area contributed by atoms with Gasteiger partial charge in [-0.15, -0.1) is 0 Å². The van der Waals surface area contributed by atoms with Crippen molar-refractivity contribution >= 4 is 12.2 Å². The van der Waals surface area contributed by atoms with E-state index in [1.165, 1.54) is 0 Å². The van der Waals surface area contributed by atoms with Gasteiger partial charge in [0.1, 0.15) is 5.75 Å². The van der Waals surface area contributed by atoms with Crippen molar-refractivity contribution in [2.45, 2.75) is 25.7 Å². The van der Waals surface area contributed by atoms with E-state index in [-0.39, 0.29) is 31.2 Å². The van der Waals surface area contributed by atoms with Gasteiger partial charge >= 0.3 is 5.97 Å². The van der Waals surface area contributed by atoms with Crippen LogP contribution in [-0.4, -0.2) is 23.9 Å². The molecular weight excluding hydrogens is 284 g/mol. The fourth-order valence-corrected chi connectivity index (χ4v) is 1.42. The van der Waals surface area contributed by atoms with Gasteiger partial charge in [-0.3, -0.25) is 4.79 Å². The molecule has 0 spiro atoms. The molecule has 18 heavy (non-hydrogen) atoms. The first kappa shape index (κ1) is 16.8. The van der Waals surface area contributed by atoms with Crippen molar-refractivity contribution in [3.8, 4) is 5.75 Å². The van der Waals surface area contributed by atoms with Gasteiger partial charge in [0.05, 0.1) is 6.61 Å². The fourth-order valence-electron chi connectivity index (χ4n) is 1.42. The topological polar surface area (TPSA) is 70.4 Å². The van der Waals surface area contributed by atoms with Crippen LogP contribution in [0.2, 0.25) is 0 Å². The SMILES string of the molecule is N=Cc1ccccc1O.O=C1CCCCCO1.[Zn]. The minimum Gasteiger partial charge on any atom is -0.507 e. The van der Waals surface area contributed by atoms with E-state index < -0.39 is 0 Å². The average molecular weight is 301 g/mol. The molecule has 1 aliphatic heterocycles. The first-order chi connectivity index (χ1) is 8.24. The molecule has 5 heteroatoms. The van der Waals surface area contributed by atoms with Crippen LogP contribution in [0.1, 0.15) is 31.2 Å². The Morgan fingerprint density at radius 1 is 1.22 bits per heavy atom. The number of phenols is 1. The summed E-state index contributed by atoms with van der Waals surface area (Å²) >= 11 is 0. The van der Waals surface area contributed by atoms with Crippen LogP contribution in [0, 0.1) is 5.41 Å². The summed E-state index contributed by atoms with van der Waals surface area (Å²) in [5.74, 6) is 0.134. The summed E-state index contributed by atoms with van der Waals surface area (Å²) in [5, 5.41) is 15.8. The van der Waals surface area contributed by atoms with Crippen molar-refractivity contribution in [1.82, 2.24) is 0 Å². The number of cyclic esters (lactones) is 1. The molecule has 1 heterocycles. The molecule has 1 aromatic rings. The van der Waals surface area contributed by atoms with E-state index in [1.807, 2.05) is 0 Å². The Bertz CT molecular complexity index is 372. The molecule has 2 N–H and O–H groups in total. The molecule has 94 valence electrons. The molecule has 2 rings (SSSR count). The second-order valence-corrected chi connectivity index (χ2v) is 3.73. The second-order valence-electron chi connectivity index (χ2n) is 3.73. The molecule has 0 unspecified atom stereocenters. The standard InChI is InChI=1S/C7H7NO.C6H10O2.Zn/c8-5-6-3-1-2-4-7(6)9;7-6-4-2-1-3-5-8-6;/h1-5,8-9H;1-5H2;. The average Bonchev–Trinajstić information content (AvgIpc) is 2.58. The third kappa shape index (κ3) is 6.50. The number of ether oxygens (including phenoxy) is 1. The van der Waals surface area contributed by atoms with E-state index in [0.29, 0.717) is 18.6 Å². The molecule has 1 fully saturated rings. The van der Waals surface area contributed by atoms with Gasteiger partial charge in [-0.2, -0.15) is 0 Å². The summed E-state index contributed by atoms with van der Waals surface area (Å²) in [7, 11) is 0. The zero-order valence-corrected chi connectivity index (χ0v) is 13.4. The largest absolute Gasteiger partial charge is 0.507 e. The maximum atomic E-state index is 10.5. The summed E-state index contributed by atoms with van der Waals surface area (Å²) in [6.07, 6.45) is 4.95. The van der Waals surface area contributed by atoms with Gasteiger partial charge in [-0.25, -0.2) is 0 Å². The number of para-hydroxylation sites is 1. The molecular formula is C13H17NO3Zn. The van der Waals surface area contributed by atoms with E-state index >= 15 is 0 Å². The zero-order chi connectivity index (χ0) is 12.5. The number of carbonyl (C=O) groups excluding carboxylic acids is 1. The predicted molar refractivity (Wildman–Crippen MR) is 65.4 cm³/mol. The Hall–Kier alpha value is -1.22. The number of esters is 1. The molecule has 0 radical (unpaired) electrons. The number of hydrogen-bond donors (Lipinski definition) is 2. The number of hydrogen-bond acceptors (Lipinski definition) is 4. The Labute approximate surface area is 120 Å². The monoisotopic (exact) mass is 299 g/mol. The third-order valence-corrected chi connectivity index (χ3v) is 2.38. The zero-order valence-electron chi connectivity index (χ0n) is 10.4. The van der Waals surface area contributed by atoms with E-state index in [0.717, 1.165) is 25.5 Å². The van der Waals surface area contributed by atoms with Gasteiger partial charge in [0.25, 0.3) is 0 Å². The Balaban J connectivity index is 0.000000306. The van der Waals surface area contributed by atoms with Crippen molar-refractivity contribution in [1.29, 1.82) is 5.41 Å². The van der Waals surface area contributed by atoms with Crippen LogP contribution in [0.5, 0.6) is 5.75 Å². The molecule has 4 nitrogen and oxygen atoms in total. The summed E-state index contributed by atoms with van der Waals surface area (Å²) in [5.41, 5.74) is 0.553. The Kier molecular flexibility index (Phi) is 9.12. The van der Waals surface area contributed by atoms with Crippen molar-refractivity contribution in [3.05, 3.63) is 29.8 Å². The quantitative estimate of drug-likeness (QED) is 0.475. The van der Waals surface area contributed by atoms with E-state index in [9.17, 15) is 4.79 Å². The molecule has 0 bridgehead atoms. The normalized spacial score (nSPS) is 14.1. The number of benzene rings is 1. The van der Waals surface area contributed by atoms with Crippen LogP contribution >= 0.6 is 0 Å². The molecule has 0 aromatic heterocycles. The van der Waals surface area contributed by atoms with Gasteiger partial charge in [-0.1, -0.05) is 12.1 Å². The summed E-state index contributed by atoms with van der Waals surface area (Å²) < 4.78 is 4.76. The second kappa shape index (κ2) is 9.78. The van der Waals surface area contributed by atoms with Crippen LogP contribution in [0.4, 0.5) is 0 Å². The minimum atomic E-state index is -0.0255. The summed E-state index contributed by atoms with van der Waals surface area (Å²) in [6, 6.07) is 6.74. The van der Waals surface area contributed by atoms with E-state index in [2.05, 4.69) is 0 Å². The number of carbonyl (C=O) groups is 1. The van der Waals surface area contributed by atoms with Gasteiger partial charge in [-0.05, 0) is 31.4 Å². The molecule has 1 aliphatic rings. The van der Waals surface area contributed by atoms with Gasteiger partial charge in [0.15, 0.2) is 0 Å². The molecule has 0 atom stereocenters. The smallest absolute Gasteiger partial charge is 0.305 e. The predicted octanol–water partition coefficient (Wildman–Crippen LogP) is 2.49. The molecule has 0 saturated carbocycles. The van der Waals surface area contributed by atoms with Crippen LogP contribution in [-0.2, 0) is 29.0 Å². The maximum absolute atomic E-state index is 10.5. The van der Waals surface area contributed by atoms with Crippen molar-refractivity contribution in [2.24, 2.45) is 0 Å². The summed E-state index contributed by atoms with van der Waals surface area (Å²) in [6.45, 7) is 0.638. The molecule has 1 saturated heterocycles. The maximum Gasteiger partial charge on any atom is 0.305 e. The van der Waals surface area contributed by atoms with Crippen LogP contribution in [0.25, 0.3) is 0 Å². The molecule has 0 aliphatic carbocycles. The number of nitrogens with one attached hydrogen (secondary N) is 1. The third-order valence-electron chi connectivity index (χ3n) is 2.38. The van der Waals surface area contributed by atoms with Crippen LogP contribution in [0.3, 0.4) is 0 Å². The number of aromatic hydroxyl groups is 1. The summed E-state index contributed by atoms with van der Waals surface area (Å²) in [4.78, 5) is 10.5. The van der Waals surface area contributed by atoms with E-state index in [4.69, 9.17) is 15.3 Å². The Morgan fingerprint density at radius 3 is 2.56 bits per heavy atom. The van der Waals surface area contributed by atoms with Crippen LogP contribution < -0.4 is 0 Å². The van der Waals surface area contributed by atoms with Crippen LogP contribution in [0.15, 0.2) is 24.3 Å². The van der Waals surface area contributed by atoms with Gasteiger partial charge in [0.2, 0.25) is 0 Å². The Morgan fingerprint density at radius 2 is 1.94 bits per heavy atom. The minimum absolute atomic E-state index is 0. The van der Waals surface area contributed by atoms with Crippen molar-refractivity contribution in [2.75, 3.05) is 6.61 Å². The van der Waals surface area contributed by atoms with Crippen molar-refractivity contribution < 1.29 is 34.1 Å². The number of phenolic OH excluding ortho intramolecular Hbond substituents is 1. The molecule has 0 amide bonds. The van der Waals surface area contributed by atoms with E-state index in [1.54, 1.807) is 24.3 Å².